The lowest BCUT2D eigenvalue weighted by Crippen LogP contribution is -2.38. The minimum atomic E-state index is -0.153. The Kier molecular flexibility index (Phi) is 7.43. The molecule has 0 aliphatic carbocycles. The highest BCUT2D eigenvalue weighted by Gasteiger charge is 2.42. The highest BCUT2D eigenvalue weighted by atomic mass is 35.5. The molecule has 4 heterocycles. The molecule has 2 aromatic heterocycles. The van der Waals surface area contributed by atoms with E-state index in [1.807, 2.05) is 36.5 Å². The Morgan fingerprint density at radius 3 is 2.32 bits per heavy atom. The largest absolute Gasteiger partial charge is 0.508 e. The molecule has 2 N–H and O–H groups in total. The van der Waals surface area contributed by atoms with Gasteiger partial charge in [-0.25, -0.2) is 0 Å². The van der Waals surface area contributed by atoms with Crippen molar-refractivity contribution < 1.29 is 5.11 Å². The molecule has 4 atom stereocenters. The second-order valence-corrected chi connectivity index (χ2v) is 12.5. The summed E-state index contributed by atoms with van der Waals surface area (Å²) in [6, 6.07) is 21.6. The van der Waals surface area contributed by atoms with Crippen molar-refractivity contribution in [1.82, 2.24) is 14.9 Å². The van der Waals surface area contributed by atoms with Gasteiger partial charge in [-0.1, -0.05) is 31.5 Å². The van der Waals surface area contributed by atoms with E-state index in [0.29, 0.717) is 16.9 Å². The first-order valence-electron chi connectivity index (χ1n) is 14.2. The summed E-state index contributed by atoms with van der Waals surface area (Å²) >= 11 is 13.0. The average Bonchev–Trinajstić information content (AvgIpc) is 3.44. The number of benzene rings is 2. The molecule has 41 heavy (non-hydrogen) atoms. The summed E-state index contributed by atoms with van der Waals surface area (Å²) < 4.78 is 2.22. The topological polar surface area (TPSA) is 56.6 Å². The summed E-state index contributed by atoms with van der Waals surface area (Å²) in [6.45, 7) is 10.9. The fourth-order valence-electron chi connectivity index (χ4n) is 6.80. The molecule has 2 aliphatic heterocycles. The van der Waals surface area contributed by atoms with Gasteiger partial charge >= 0.3 is 0 Å². The first-order valence-corrected chi connectivity index (χ1v) is 15.0. The Labute approximate surface area is 252 Å². The minimum absolute atomic E-state index is 0.147. The van der Waals surface area contributed by atoms with Crippen molar-refractivity contribution in [2.75, 3.05) is 22.9 Å². The number of hydrogen-bond donors (Lipinski definition) is 2. The zero-order valence-corrected chi connectivity index (χ0v) is 25.5. The van der Waals surface area contributed by atoms with Gasteiger partial charge < -0.3 is 24.8 Å². The van der Waals surface area contributed by atoms with Gasteiger partial charge in [0.05, 0.1) is 28.5 Å². The van der Waals surface area contributed by atoms with Gasteiger partial charge in [-0.15, -0.1) is 0 Å². The van der Waals surface area contributed by atoms with Crippen LogP contribution in [0.2, 0.25) is 5.02 Å². The third-order valence-corrected chi connectivity index (χ3v) is 9.03. The monoisotopic (exact) mass is 585 g/mol. The molecule has 2 fully saturated rings. The summed E-state index contributed by atoms with van der Waals surface area (Å²) in [7, 11) is 0. The number of aryl methyl sites for hydroxylation is 1. The number of nitrogens with zero attached hydrogens (tertiary/aromatic N) is 4. The minimum Gasteiger partial charge on any atom is -0.508 e. The molecule has 4 aromatic rings. The molecule has 2 aromatic carbocycles. The van der Waals surface area contributed by atoms with Crippen LogP contribution in [0.25, 0.3) is 5.69 Å². The molecule has 6 rings (SSSR count). The van der Waals surface area contributed by atoms with Crippen molar-refractivity contribution in [1.29, 1.82) is 0 Å². The number of halogens is 1. The molecular formula is C33H36ClN5OS. The lowest BCUT2D eigenvalue weighted by atomic mass is 9.91. The van der Waals surface area contributed by atoms with E-state index >= 15 is 0 Å². The normalized spacial score (nSPS) is 22.7. The maximum absolute atomic E-state index is 9.86. The molecule has 0 unspecified atom stereocenters. The summed E-state index contributed by atoms with van der Waals surface area (Å²) in [5, 5.41) is 14.8. The Morgan fingerprint density at radius 2 is 1.66 bits per heavy atom. The number of aromatic hydroxyl groups is 1. The summed E-state index contributed by atoms with van der Waals surface area (Å²) in [6.07, 6.45) is 3.07. The third kappa shape index (κ3) is 5.17. The highest BCUT2D eigenvalue weighted by Crippen LogP contribution is 2.45. The molecule has 0 saturated carbocycles. The molecule has 0 amide bonds. The third-order valence-electron chi connectivity index (χ3n) is 8.41. The van der Waals surface area contributed by atoms with Crippen LogP contribution in [0, 0.1) is 25.7 Å². The molecule has 212 valence electrons. The number of nitrogens with one attached hydrogen (secondary N) is 1. The van der Waals surface area contributed by atoms with Gasteiger partial charge in [0.2, 0.25) is 0 Å². The maximum atomic E-state index is 9.86. The van der Waals surface area contributed by atoms with Crippen molar-refractivity contribution in [2.24, 2.45) is 11.8 Å². The van der Waals surface area contributed by atoms with E-state index in [9.17, 15) is 5.11 Å². The van der Waals surface area contributed by atoms with E-state index in [2.05, 4.69) is 71.6 Å². The Bertz CT molecular complexity index is 1560. The number of phenols is 1. The zero-order chi connectivity index (χ0) is 28.8. The van der Waals surface area contributed by atoms with Gasteiger partial charge in [0.15, 0.2) is 5.11 Å². The summed E-state index contributed by atoms with van der Waals surface area (Å²) in [4.78, 5) is 9.33. The van der Waals surface area contributed by atoms with Gasteiger partial charge in [0.25, 0.3) is 0 Å². The van der Waals surface area contributed by atoms with Crippen LogP contribution in [-0.4, -0.2) is 32.9 Å². The number of phenolic OH excluding ortho intramolecular Hbond substituents is 1. The summed E-state index contributed by atoms with van der Waals surface area (Å²) in [5.41, 5.74) is 7.31. The number of aromatic nitrogens is 2. The lowest BCUT2D eigenvalue weighted by molar-refractivity contribution is 0.357. The van der Waals surface area contributed by atoms with Crippen LogP contribution in [0.3, 0.4) is 0 Å². The van der Waals surface area contributed by atoms with Crippen LogP contribution in [-0.2, 0) is 0 Å². The van der Waals surface area contributed by atoms with Crippen LogP contribution in [0.1, 0.15) is 55.0 Å². The van der Waals surface area contributed by atoms with E-state index in [-0.39, 0.29) is 17.8 Å². The molecule has 8 heteroatoms. The van der Waals surface area contributed by atoms with Gasteiger partial charge in [0.1, 0.15) is 5.75 Å². The molecule has 0 radical (unpaired) electrons. The lowest BCUT2D eigenvalue weighted by Gasteiger charge is -2.37. The van der Waals surface area contributed by atoms with Crippen molar-refractivity contribution in [2.45, 2.75) is 46.2 Å². The van der Waals surface area contributed by atoms with Crippen LogP contribution < -0.4 is 15.1 Å². The predicted molar refractivity (Wildman–Crippen MR) is 171 cm³/mol. The SMILES string of the molecule is Cc1cc([C@H]2[C@@H](c3ccccn3)NC(=S)N2c2ccc(N3C[C@H](C)C[C@H](C)C3)c(Cl)c2)c(C)n1-c1ccc(O)cc1. The van der Waals surface area contributed by atoms with Crippen molar-refractivity contribution in [3.63, 3.8) is 0 Å². The fourth-order valence-corrected chi connectivity index (χ4v) is 7.44. The van der Waals surface area contributed by atoms with E-state index in [1.54, 1.807) is 12.1 Å². The second-order valence-electron chi connectivity index (χ2n) is 11.7. The van der Waals surface area contributed by atoms with Crippen molar-refractivity contribution >= 4 is 40.3 Å². The standard InChI is InChI=1S/C33H36ClN5OS/c1-20-15-21(2)19-37(18-20)30-13-10-25(17-28(30)34)39-32(31(36-33(39)41)29-7-5-6-14-35-29)27-16-22(3)38(23(27)4)24-8-11-26(40)12-9-24/h5-14,16-17,20-21,31-32,40H,15,18-19H2,1-4H3,(H,36,41)/t20-,21+,31-,32+/m1/s1. The number of thiocarbonyl (C=S) groups is 1. The predicted octanol–water partition coefficient (Wildman–Crippen LogP) is 7.51. The number of pyridine rings is 1. The maximum Gasteiger partial charge on any atom is 0.174 e. The first kappa shape index (κ1) is 27.6. The number of rotatable bonds is 5. The van der Waals surface area contributed by atoms with Crippen LogP contribution in [0.5, 0.6) is 5.75 Å². The van der Waals surface area contributed by atoms with Crippen molar-refractivity contribution in [3.8, 4) is 11.4 Å². The fraction of sp³-hybridized carbons (Fsp3) is 0.333. The molecule has 2 aliphatic rings. The first-order chi connectivity index (χ1) is 19.7. The molecular weight excluding hydrogens is 550 g/mol. The van der Waals surface area contributed by atoms with Gasteiger partial charge in [-0.3, -0.25) is 4.98 Å². The quantitative estimate of drug-likeness (QED) is 0.236. The Balaban J connectivity index is 1.44. The Hall–Kier alpha value is -3.55. The van der Waals surface area contributed by atoms with Crippen LogP contribution >= 0.6 is 23.8 Å². The highest BCUT2D eigenvalue weighted by molar-refractivity contribution is 7.80. The number of hydrogen-bond acceptors (Lipinski definition) is 4. The van der Waals surface area contributed by atoms with Gasteiger partial charge in [0, 0.05) is 42.0 Å². The number of anilines is 2. The molecule has 0 spiro atoms. The Morgan fingerprint density at radius 1 is 0.951 bits per heavy atom. The molecule has 6 nitrogen and oxygen atoms in total. The molecule has 0 bridgehead atoms. The van der Waals surface area contributed by atoms with E-state index < -0.39 is 0 Å². The van der Waals surface area contributed by atoms with E-state index in [1.165, 1.54) is 6.42 Å². The van der Waals surface area contributed by atoms with Crippen LogP contribution in [0.4, 0.5) is 11.4 Å². The van der Waals surface area contributed by atoms with E-state index in [0.717, 1.165) is 57.8 Å². The summed E-state index contributed by atoms with van der Waals surface area (Å²) in [5.74, 6) is 1.52. The average molecular weight is 586 g/mol. The molecule has 2 saturated heterocycles. The van der Waals surface area contributed by atoms with Gasteiger partial charge in [-0.05, 0) is 111 Å². The van der Waals surface area contributed by atoms with Crippen LogP contribution in [0.15, 0.2) is 72.9 Å². The van der Waals surface area contributed by atoms with Gasteiger partial charge in [-0.2, -0.15) is 0 Å². The smallest absolute Gasteiger partial charge is 0.174 e. The zero-order valence-electron chi connectivity index (χ0n) is 23.9. The van der Waals surface area contributed by atoms with Crippen molar-refractivity contribution in [3.05, 3.63) is 101 Å². The van der Waals surface area contributed by atoms with E-state index in [4.69, 9.17) is 28.8 Å². The second kappa shape index (κ2) is 11.0. The number of piperidine rings is 1.